The summed E-state index contributed by atoms with van der Waals surface area (Å²) >= 11 is 0. The van der Waals surface area contributed by atoms with E-state index in [1.54, 1.807) is 0 Å². The molecule has 0 atom stereocenters. The summed E-state index contributed by atoms with van der Waals surface area (Å²) in [5.41, 5.74) is 0. The monoisotopic (exact) mass is 228 g/mol. The molecule has 0 bridgehead atoms. The molecule has 0 spiro atoms. The lowest BCUT2D eigenvalue weighted by atomic mass is 10.2. The molecule has 0 unspecified atom stereocenters. The van der Waals surface area contributed by atoms with Crippen molar-refractivity contribution in [2.75, 3.05) is 26.4 Å². The maximum Gasteiger partial charge on any atom is 0.0466 e. The van der Waals surface area contributed by atoms with Gasteiger partial charge in [-0.25, -0.2) is 0 Å². The minimum atomic E-state index is 0.873. The van der Waals surface area contributed by atoms with Crippen molar-refractivity contribution >= 4 is 0 Å². The van der Waals surface area contributed by atoms with Crippen LogP contribution >= 0.6 is 0 Å². The number of rotatable bonds is 13. The van der Waals surface area contributed by atoms with Gasteiger partial charge in [0.25, 0.3) is 0 Å². The molecule has 0 heterocycles. The molecule has 2 radical (unpaired) electrons. The normalized spacial score (nSPS) is 10.9. The Morgan fingerprint density at radius 2 is 0.875 bits per heavy atom. The fraction of sp³-hybridized carbons (Fsp3) is 0.857. The molecule has 0 rings (SSSR count). The molecule has 0 fully saturated rings. The molecule has 16 heavy (non-hydrogen) atoms. The number of unbranched alkanes of at least 4 members (excludes halogenated alkanes) is 5. The summed E-state index contributed by atoms with van der Waals surface area (Å²) in [6, 6.07) is 0. The third-order valence-corrected chi connectivity index (χ3v) is 2.40. The maximum atomic E-state index is 5.46. The molecule has 0 saturated heterocycles. The quantitative estimate of drug-likeness (QED) is 0.446. The Kier molecular flexibility index (Phi) is 14.8. The van der Waals surface area contributed by atoms with Gasteiger partial charge in [-0.15, -0.1) is 0 Å². The van der Waals surface area contributed by atoms with Crippen molar-refractivity contribution in [3.05, 3.63) is 13.8 Å². The van der Waals surface area contributed by atoms with Crippen LogP contribution in [0, 0.1) is 13.8 Å². The van der Waals surface area contributed by atoms with E-state index in [2.05, 4.69) is 13.8 Å². The van der Waals surface area contributed by atoms with Crippen molar-refractivity contribution in [3.63, 3.8) is 0 Å². The Morgan fingerprint density at radius 3 is 1.25 bits per heavy atom. The molecule has 2 heteroatoms. The van der Waals surface area contributed by atoms with E-state index in [9.17, 15) is 0 Å². The molecule has 0 aliphatic carbocycles. The molecule has 0 aromatic rings. The van der Waals surface area contributed by atoms with Crippen LogP contribution in [0.1, 0.15) is 51.4 Å². The standard InChI is InChI=1S/C14H28O2/c1-3-5-11-15-13-9-7-8-10-14-16-12-6-4-2/h1-14H2. The van der Waals surface area contributed by atoms with Crippen LogP contribution in [0.3, 0.4) is 0 Å². The highest BCUT2D eigenvalue weighted by molar-refractivity contribution is 4.45. The predicted octanol–water partition coefficient (Wildman–Crippen LogP) is 3.81. The van der Waals surface area contributed by atoms with Crippen molar-refractivity contribution in [1.29, 1.82) is 0 Å². The number of hydrogen-bond acceptors (Lipinski definition) is 2. The SMILES string of the molecule is [CH2]CCCOCCCCCCOCCC[CH2]. The zero-order chi connectivity index (χ0) is 11.9. The van der Waals surface area contributed by atoms with Crippen molar-refractivity contribution in [2.45, 2.75) is 51.4 Å². The van der Waals surface area contributed by atoms with Gasteiger partial charge in [-0.1, -0.05) is 39.5 Å². The van der Waals surface area contributed by atoms with Crippen molar-refractivity contribution in [3.8, 4) is 0 Å². The second-order valence-corrected chi connectivity index (χ2v) is 4.05. The fourth-order valence-electron chi connectivity index (χ4n) is 1.37. The molecular formula is C14H28O2. The van der Waals surface area contributed by atoms with Crippen LogP contribution in [-0.2, 0) is 9.47 Å². The first-order valence-electron chi connectivity index (χ1n) is 6.65. The van der Waals surface area contributed by atoms with E-state index in [0.717, 1.165) is 52.1 Å². The van der Waals surface area contributed by atoms with E-state index in [1.807, 2.05) is 0 Å². The third-order valence-electron chi connectivity index (χ3n) is 2.40. The van der Waals surface area contributed by atoms with Crippen molar-refractivity contribution in [2.24, 2.45) is 0 Å². The van der Waals surface area contributed by atoms with Gasteiger partial charge in [0, 0.05) is 26.4 Å². The lowest BCUT2D eigenvalue weighted by Gasteiger charge is -2.04. The highest BCUT2D eigenvalue weighted by Gasteiger charge is 1.92. The summed E-state index contributed by atoms with van der Waals surface area (Å²) in [5, 5.41) is 0. The smallest absolute Gasteiger partial charge is 0.0466 e. The molecule has 2 nitrogen and oxygen atoms in total. The molecule has 0 N–H and O–H groups in total. The molecule has 0 aliphatic rings. The molecular weight excluding hydrogens is 200 g/mol. The van der Waals surface area contributed by atoms with Gasteiger partial charge < -0.3 is 9.47 Å². The van der Waals surface area contributed by atoms with Crippen LogP contribution in [0.15, 0.2) is 0 Å². The van der Waals surface area contributed by atoms with E-state index in [0.29, 0.717) is 0 Å². The largest absolute Gasteiger partial charge is 0.381 e. The zero-order valence-electron chi connectivity index (χ0n) is 10.7. The Morgan fingerprint density at radius 1 is 0.500 bits per heavy atom. The van der Waals surface area contributed by atoms with Crippen molar-refractivity contribution < 1.29 is 9.47 Å². The molecule has 96 valence electrons. The van der Waals surface area contributed by atoms with Gasteiger partial charge in [0.2, 0.25) is 0 Å². The highest BCUT2D eigenvalue weighted by atomic mass is 16.5. The summed E-state index contributed by atoms with van der Waals surface area (Å²) in [5.74, 6) is 0. The molecule has 0 aromatic carbocycles. The summed E-state index contributed by atoms with van der Waals surface area (Å²) in [4.78, 5) is 0. The van der Waals surface area contributed by atoms with Gasteiger partial charge in [0.15, 0.2) is 0 Å². The molecule has 0 aromatic heterocycles. The summed E-state index contributed by atoms with van der Waals surface area (Å²) in [6.45, 7) is 11.1. The van der Waals surface area contributed by atoms with Gasteiger partial charge in [-0.2, -0.15) is 0 Å². The summed E-state index contributed by atoms with van der Waals surface area (Å²) < 4.78 is 10.9. The second-order valence-electron chi connectivity index (χ2n) is 4.05. The van der Waals surface area contributed by atoms with E-state index < -0.39 is 0 Å². The zero-order valence-corrected chi connectivity index (χ0v) is 10.7. The first-order chi connectivity index (χ1) is 7.91. The van der Waals surface area contributed by atoms with E-state index in [-0.39, 0.29) is 0 Å². The fourth-order valence-corrected chi connectivity index (χ4v) is 1.37. The van der Waals surface area contributed by atoms with Crippen LogP contribution in [0.25, 0.3) is 0 Å². The first kappa shape index (κ1) is 15.9. The second kappa shape index (κ2) is 14.9. The summed E-state index contributed by atoms with van der Waals surface area (Å²) in [7, 11) is 0. The topological polar surface area (TPSA) is 18.5 Å². The molecule has 0 saturated carbocycles. The van der Waals surface area contributed by atoms with Crippen molar-refractivity contribution in [1.82, 2.24) is 0 Å². The van der Waals surface area contributed by atoms with Gasteiger partial charge in [0.1, 0.15) is 0 Å². The van der Waals surface area contributed by atoms with Gasteiger partial charge in [-0.05, 0) is 25.7 Å². The average Bonchev–Trinajstić information content (AvgIpc) is 2.31. The molecule has 0 aliphatic heterocycles. The van der Waals surface area contributed by atoms with Gasteiger partial charge in [0.05, 0.1) is 0 Å². The lowest BCUT2D eigenvalue weighted by molar-refractivity contribution is 0.119. The van der Waals surface area contributed by atoms with Crippen LogP contribution in [0.5, 0.6) is 0 Å². The minimum Gasteiger partial charge on any atom is -0.381 e. The Balaban J connectivity index is 2.83. The third kappa shape index (κ3) is 13.9. The number of ether oxygens (including phenoxy) is 2. The summed E-state index contributed by atoms with van der Waals surface area (Å²) in [6.07, 6.45) is 8.98. The van der Waals surface area contributed by atoms with Crippen LogP contribution in [0.4, 0.5) is 0 Å². The Bertz CT molecular complexity index is 101. The minimum absolute atomic E-state index is 0.873. The number of hydrogen-bond donors (Lipinski definition) is 0. The maximum absolute atomic E-state index is 5.46. The van der Waals surface area contributed by atoms with Gasteiger partial charge in [-0.3, -0.25) is 0 Å². The first-order valence-corrected chi connectivity index (χ1v) is 6.65. The molecule has 0 amide bonds. The Labute approximate surface area is 102 Å². The predicted molar refractivity (Wildman–Crippen MR) is 69.3 cm³/mol. The Hall–Kier alpha value is -0.0800. The lowest BCUT2D eigenvalue weighted by Crippen LogP contribution is -1.98. The van der Waals surface area contributed by atoms with Crippen LogP contribution in [0.2, 0.25) is 0 Å². The van der Waals surface area contributed by atoms with E-state index in [1.165, 1.54) is 25.7 Å². The van der Waals surface area contributed by atoms with Crippen LogP contribution < -0.4 is 0 Å². The van der Waals surface area contributed by atoms with E-state index in [4.69, 9.17) is 9.47 Å². The van der Waals surface area contributed by atoms with E-state index >= 15 is 0 Å². The van der Waals surface area contributed by atoms with Crippen LogP contribution in [-0.4, -0.2) is 26.4 Å². The average molecular weight is 228 g/mol. The van der Waals surface area contributed by atoms with Gasteiger partial charge >= 0.3 is 0 Å². The highest BCUT2D eigenvalue weighted by Crippen LogP contribution is 2.01.